The van der Waals surface area contributed by atoms with Crippen LogP contribution in [0.3, 0.4) is 0 Å². The van der Waals surface area contributed by atoms with E-state index < -0.39 is 0 Å². The third kappa shape index (κ3) is 4.23. The first-order valence-corrected chi connectivity index (χ1v) is 16.7. The van der Waals surface area contributed by atoms with Gasteiger partial charge in [0.2, 0.25) is 0 Å². The molecule has 0 spiro atoms. The third-order valence-electron chi connectivity index (χ3n) is 10.1. The smallest absolute Gasteiger partial charge is 0.0991 e. The molecule has 0 aliphatic heterocycles. The molecule has 9 rings (SSSR count). The van der Waals surface area contributed by atoms with E-state index in [0.717, 1.165) is 66.8 Å². The third-order valence-corrected chi connectivity index (χ3v) is 10.1. The zero-order valence-corrected chi connectivity index (χ0v) is 27.6. The van der Waals surface area contributed by atoms with Crippen LogP contribution in [-0.4, -0.2) is 9.13 Å². The summed E-state index contributed by atoms with van der Waals surface area (Å²) in [5.74, 6) is 0. The van der Waals surface area contributed by atoms with Gasteiger partial charge < -0.3 is 9.13 Å². The van der Waals surface area contributed by atoms with Crippen LogP contribution >= 0.6 is 0 Å². The van der Waals surface area contributed by atoms with Crippen molar-refractivity contribution < 1.29 is 0 Å². The number of fused-ring (bicyclic) bond motifs is 6. The van der Waals surface area contributed by atoms with Crippen molar-refractivity contribution in [3.8, 4) is 45.8 Å². The Morgan fingerprint density at radius 1 is 0.380 bits per heavy atom. The summed E-state index contributed by atoms with van der Waals surface area (Å²) >= 11 is 0. The lowest BCUT2D eigenvalue weighted by molar-refractivity contribution is 1.09. The lowest BCUT2D eigenvalue weighted by atomic mass is 9.86. The van der Waals surface area contributed by atoms with Crippen LogP contribution in [-0.2, 0) is 0 Å². The molecule has 2 heterocycles. The first-order chi connectivity index (χ1) is 24.6. The van der Waals surface area contributed by atoms with Crippen LogP contribution in [0.1, 0.15) is 22.3 Å². The highest BCUT2D eigenvalue weighted by atomic mass is 15.0. The molecule has 234 valence electrons. The van der Waals surface area contributed by atoms with Gasteiger partial charge in [0.15, 0.2) is 0 Å². The molecule has 2 aromatic heterocycles. The number of rotatable bonds is 4. The molecule has 0 N–H and O–H groups in total. The van der Waals surface area contributed by atoms with Crippen molar-refractivity contribution in [2.75, 3.05) is 0 Å². The Labute approximate surface area is 289 Å². The maximum atomic E-state index is 9.71. The highest BCUT2D eigenvalue weighted by molar-refractivity contribution is 6.12. The SMILES string of the molecule is Cc1c(-c2ccc(C#N)cc2)c(-n2c3ccccc3c3ccccc32)c(C)c(-n2c3ccccc3c3ccccc32)c1-c1ccc(C#N)cc1. The lowest BCUT2D eigenvalue weighted by Gasteiger charge is -2.27. The van der Waals surface area contributed by atoms with E-state index in [4.69, 9.17) is 0 Å². The molecule has 0 saturated carbocycles. The monoisotopic (exact) mass is 638 g/mol. The molecule has 0 radical (unpaired) electrons. The molecular weight excluding hydrogens is 609 g/mol. The molecule has 0 saturated heterocycles. The molecule has 0 atom stereocenters. The minimum atomic E-state index is 0.621. The molecule has 0 amide bonds. The number of aromatic nitrogens is 2. The van der Waals surface area contributed by atoms with Gasteiger partial charge in [0, 0.05) is 32.7 Å². The van der Waals surface area contributed by atoms with Gasteiger partial charge in [-0.2, -0.15) is 10.5 Å². The van der Waals surface area contributed by atoms with Crippen molar-refractivity contribution in [1.29, 1.82) is 10.5 Å². The summed E-state index contributed by atoms with van der Waals surface area (Å²) in [6, 6.07) is 55.0. The summed E-state index contributed by atoms with van der Waals surface area (Å²) in [7, 11) is 0. The van der Waals surface area contributed by atoms with Crippen molar-refractivity contribution in [1.82, 2.24) is 9.13 Å². The number of benzene rings is 7. The topological polar surface area (TPSA) is 57.4 Å². The number of para-hydroxylation sites is 4. The van der Waals surface area contributed by atoms with Crippen molar-refractivity contribution in [3.63, 3.8) is 0 Å². The largest absolute Gasteiger partial charge is 0.308 e. The van der Waals surface area contributed by atoms with Crippen molar-refractivity contribution in [3.05, 3.63) is 168 Å². The van der Waals surface area contributed by atoms with Gasteiger partial charge in [0.05, 0.1) is 56.7 Å². The van der Waals surface area contributed by atoms with E-state index in [1.807, 2.05) is 24.3 Å². The standard InChI is InChI=1S/C46H30N4/c1-29-43(33-23-19-31(27-47)20-24-33)45(49-39-15-7-3-11-35(39)36-12-4-8-16-40(36)49)30(2)46(44(29)34-25-21-32(28-48)22-26-34)50-41-17-9-5-13-37(41)38-14-6-10-18-42(38)50/h3-26H,1-2H3. The Morgan fingerprint density at radius 2 is 0.680 bits per heavy atom. The van der Waals surface area contributed by atoms with Gasteiger partial charge in [0.1, 0.15) is 0 Å². The fourth-order valence-electron chi connectivity index (χ4n) is 7.98. The van der Waals surface area contributed by atoms with Gasteiger partial charge in [0.25, 0.3) is 0 Å². The first kappa shape index (κ1) is 29.3. The summed E-state index contributed by atoms with van der Waals surface area (Å²) < 4.78 is 4.86. The summed E-state index contributed by atoms with van der Waals surface area (Å²) in [6.07, 6.45) is 0. The maximum absolute atomic E-state index is 9.71. The van der Waals surface area contributed by atoms with E-state index in [0.29, 0.717) is 11.1 Å². The minimum Gasteiger partial charge on any atom is -0.308 e. The Kier molecular flexibility index (Phi) is 6.66. The Bertz CT molecular complexity index is 2590. The van der Waals surface area contributed by atoms with E-state index in [-0.39, 0.29) is 0 Å². The number of hydrogen-bond donors (Lipinski definition) is 0. The molecule has 0 bridgehead atoms. The van der Waals surface area contributed by atoms with E-state index >= 15 is 0 Å². The van der Waals surface area contributed by atoms with Gasteiger partial charge in [-0.15, -0.1) is 0 Å². The molecular formula is C46H30N4. The summed E-state index contributed by atoms with van der Waals surface area (Å²) in [5, 5.41) is 24.2. The van der Waals surface area contributed by atoms with Crippen LogP contribution in [0, 0.1) is 36.5 Å². The molecule has 0 aliphatic rings. The molecule has 9 aromatic rings. The highest BCUT2D eigenvalue weighted by Gasteiger charge is 2.28. The lowest BCUT2D eigenvalue weighted by Crippen LogP contribution is -2.10. The minimum absolute atomic E-state index is 0.621. The van der Waals surface area contributed by atoms with Gasteiger partial charge in [-0.1, -0.05) is 97.1 Å². The second-order valence-electron chi connectivity index (χ2n) is 12.8. The van der Waals surface area contributed by atoms with E-state index in [1.165, 1.54) is 21.5 Å². The van der Waals surface area contributed by atoms with Gasteiger partial charge >= 0.3 is 0 Å². The van der Waals surface area contributed by atoms with Crippen molar-refractivity contribution in [2.24, 2.45) is 0 Å². The van der Waals surface area contributed by atoms with Crippen LogP contribution in [0.2, 0.25) is 0 Å². The zero-order chi connectivity index (χ0) is 33.9. The van der Waals surface area contributed by atoms with E-state index in [9.17, 15) is 10.5 Å². The molecule has 0 aliphatic carbocycles. The van der Waals surface area contributed by atoms with Crippen LogP contribution in [0.25, 0.3) is 77.2 Å². The molecule has 4 nitrogen and oxygen atoms in total. The Morgan fingerprint density at radius 3 is 0.980 bits per heavy atom. The molecule has 7 aromatic carbocycles. The van der Waals surface area contributed by atoms with Gasteiger partial charge in [-0.3, -0.25) is 0 Å². The number of nitrogens with zero attached hydrogens (tertiary/aromatic N) is 4. The predicted molar refractivity (Wildman–Crippen MR) is 205 cm³/mol. The summed E-state index contributed by atoms with van der Waals surface area (Å²) in [6.45, 7) is 4.47. The average Bonchev–Trinajstić information content (AvgIpc) is 3.68. The molecule has 50 heavy (non-hydrogen) atoms. The van der Waals surface area contributed by atoms with Crippen molar-refractivity contribution >= 4 is 43.6 Å². The van der Waals surface area contributed by atoms with Crippen LogP contribution in [0.5, 0.6) is 0 Å². The van der Waals surface area contributed by atoms with Crippen LogP contribution in [0.4, 0.5) is 0 Å². The summed E-state index contributed by atoms with van der Waals surface area (Å²) in [5.41, 5.74) is 14.4. The van der Waals surface area contributed by atoms with E-state index in [2.05, 4.69) is 156 Å². The Hall–Kier alpha value is -6.88. The Balaban J connectivity index is 1.54. The summed E-state index contributed by atoms with van der Waals surface area (Å²) in [4.78, 5) is 0. The fourth-order valence-corrected chi connectivity index (χ4v) is 7.98. The maximum Gasteiger partial charge on any atom is 0.0991 e. The van der Waals surface area contributed by atoms with E-state index in [1.54, 1.807) is 0 Å². The zero-order valence-electron chi connectivity index (χ0n) is 27.6. The van der Waals surface area contributed by atoms with Crippen LogP contribution < -0.4 is 0 Å². The first-order valence-electron chi connectivity index (χ1n) is 16.7. The van der Waals surface area contributed by atoms with Crippen LogP contribution in [0.15, 0.2) is 146 Å². The number of nitriles is 2. The predicted octanol–water partition coefficient (Wildman–Crippen LogP) is 11.6. The second kappa shape index (κ2) is 11.4. The van der Waals surface area contributed by atoms with Crippen molar-refractivity contribution in [2.45, 2.75) is 13.8 Å². The average molecular weight is 639 g/mol. The van der Waals surface area contributed by atoms with Gasteiger partial charge in [-0.25, -0.2) is 0 Å². The fraction of sp³-hybridized carbons (Fsp3) is 0.0435. The quantitative estimate of drug-likeness (QED) is 0.193. The second-order valence-corrected chi connectivity index (χ2v) is 12.8. The molecule has 4 heteroatoms. The molecule has 0 unspecified atom stereocenters. The number of hydrogen-bond acceptors (Lipinski definition) is 2. The normalized spacial score (nSPS) is 11.4. The van der Waals surface area contributed by atoms with Gasteiger partial charge in [-0.05, 0) is 84.6 Å². The molecule has 0 fully saturated rings. The highest BCUT2D eigenvalue weighted by Crippen LogP contribution is 2.48.